The zero-order chi connectivity index (χ0) is 13.0. The molecule has 1 saturated carbocycles. The molecule has 106 valence electrons. The van der Waals surface area contributed by atoms with Crippen LogP contribution in [0.5, 0.6) is 0 Å². The lowest BCUT2D eigenvalue weighted by molar-refractivity contribution is 0.0269. The summed E-state index contributed by atoms with van der Waals surface area (Å²) in [5.74, 6) is 0.961. The summed E-state index contributed by atoms with van der Waals surface area (Å²) in [6.07, 6.45) is 9.80. The van der Waals surface area contributed by atoms with E-state index in [9.17, 15) is 0 Å². The van der Waals surface area contributed by atoms with Crippen molar-refractivity contribution >= 4 is 0 Å². The van der Waals surface area contributed by atoms with Gasteiger partial charge in [-0.1, -0.05) is 40.0 Å². The molecule has 0 aromatic rings. The number of rotatable bonds is 4. The average molecular weight is 252 g/mol. The smallest absolute Gasteiger partial charge is 0.0221 e. The summed E-state index contributed by atoms with van der Waals surface area (Å²) in [7, 11) is 0. The quantitative estimate of drug-likeness (QED) is 0.825. The minimum absolute atomic E-state index is 0.729. The van der Waals surface area contributed by atoms with E-state index in [1.807, 2.05) is 0 Å². The van der Waals surface area contributed by atoms with Crippen molar-refractivity contribution in [3.8, 4) is 0 Å². The fourth-order valence-corrected chi connectivity index (χ4v) is 4.05. The second-order valence-electron chi connectivity index (χ2n) is 6.29. The summed E-state index contributed by atoms with van der Waals surface area (Å²) in [6, 6.07) is 2.39. The highest BCUT2D eigenvalue weighted by Gasteiger charge is 2.35. The second kappa shape index (κ2) is 6.91. The largest absolute Gasteiger partial charge is 0.311 e. The fourth-order valence-electron chi connectivity index (χ4n) is 4.05. The molecule has 0 aromatic carbocycles. The van der Waals surface area contributed by atoms with Gasteiger partial charge in [0.05, 0.1) is 0 Å². The minimum atomic E-state index is 0.729. The minimum Gasteiger partial charge on any atom is -0.311 e. The summed E-state index contributed by atoms with van der Waals surface area (Å²) in [5, 5.41) is 3.73. The van der Waals surface area contributed by atoms with Gasteiger partial charge in [-0.25, -0.2) is 0 Å². The average Bonchev–Trinajstić information content (AvgIpc) is 2.46. The van der Waals surface area contributed by atoms with E-state index in [1.54, 1.807) is 0 Å². The first kappa shape index (κ1) is 14.3. The van der Waals surface area contributed by atoms with Gasteiger partial charge in [0.25, 0.3) is 0 Å². The van der Waals surface area contributed by atoms with E-state index in [-0.39, 0.29) is 0 Å². The Labute approximate surface area is 114 Å². The van der Waals surface area contributed by atoms with Crippen molar-refractivity contribution in [1.82, 2.24) is 10.2 Å². The highest BCUT2D eigenvalue weighted by Crippen LogP contribution is 2.33. The van der Waals surface area contributed by atoms with Gasteiger partial charge in [0.2, 0.25) is 0 Å². The molecule has 2 fully saturated rings. The van der Waals surface area contributed by atoms with Crippen LogP contribution in [0, 0.1) is 5.92 Å². The molecule has 18 heavy (non-hydrogen) atoms. The number of hydrogen-bond donors (Lipinski definition) is 1. The molecule has 0 amide bonds. The molecule has 0 bridgehead atoms. The molecule has 0 spiro atoms. The van der Waals surface area contributed by atoms with E-state index in [1.165, 1.54) is 58.0 Å². The molecule has 1 N–H and O–H groups in total. The Morgan fingerprint density at radius 3 is 2.44 bits per heavy atom. The summed E-state index contributed by atoms with van der Waals surface area (Å²) < 4.78 is 0. The van der Waals surface area contributed by atoms with Gasteiger partial charge in [-0.3, -0.25) is 4.90 Å². The van der Waals surface area contributed by atoms with E-state index in [0.29, 0.717) is 0 Å². The van der Waals surface area contributed by atoms with Gasteiger partial charge in [-0.15, -0.1) is 0 Å². The van der Waals surface area contributed by atoms with E-state index < -0.39 is 0 Å². The molecule has 2 heteroatoms. The van der Waals surface area contributed by atoms with Crippen LogP contribution < -0.4 is 5.32 Å². The molecule has 1 aliphatic heterocycles. The van der Waals surface area contributed by atoms with Crippen LogP contribution in [0.15, 0.2) is 0 Å². The van der Waals surface area contributed by atoms with Crippen LogP contribution in [-0.4, -0.2) is 36.1 Å². The Hall–Kier alpha value is -0.0800. The molecular formula is C16H32N2. The molecule has 2 aliphatic rings. The first-order valence-corrected chi connectivity index (χ1v) is 8.29. The van der Waals surface area contributed by atoms with Gasteiger partial charge in [0.15, 0.2) is 0 Å². The molecule has 4 unspecified atom stereocenters. The molecule has 4 atom stereocenters. The van der Waals surface area contributed by atoms with Crippen LogP contribution in [0.25, 0.3) is 0 Å². The highest BCUT2D eigenvalue weighted by atomic mass is 15.3. The maximum atomic E-state index is 3.73. The van der Waals surface area contributed by atoms with Gasteiger partial charge in [-0.2, -0.15) is 0 Å². The van der Waals surface area contributed by atoms with Crippen LogP contribution in [0.2, 0.25) is 0 Å². The molecule has 0 radical (unpaired) electrons. The van der Waals surface area contributed by atoms with Gasteiger partial charge in [0, 0.05) is 31.2 Å². The van der Waals surface area contributed by atoms with E-state index >= 15 is 0 Å². The van der Waals surface area contributed by atoms with Crippen molar-refractivity contribution in [1.29, 1.82) is 0 Å². The Kier molecular flexibility index (Phi) is 5.50. The number of nitrogens with one attached hydrogen (secondary N) is 1. The van der Waals surface area contributed by atoms with Crippen molar-refractivity contribution < 1.29 is 0 Å². The van der Waals surface area contributed by atoms with Crippen LogP contribution in [0.3, 0.4) is 0 Å². The standard InChI is InChI=1S/C16H32N2/c1-4-13-9-7-8-10-16(13)18-12-14(5-2)17-11-15(18)6-3/h13-17H,4-12H2,1-3H3. The van der Waals surface area contributed by atoms with Crippen molar-refractivity contribution in [2.45, 2.75) is 83.8 Å². The monoisotopic (exact) mass is 252 g/mol. The number of nitrogens with zero attached hydrogens (tertiary/aromatic N) is 1. The van der Waals surface area contributed by atoms with Gasteiger partial charge in [-0.05, 0) is 31.6 Å². The zero-order valence-electron chi connectivity index (χ0n) is 12.6. The maximum absolute atomic E-state index is 3.73. The number of hydrogen-bond acceptors (Lipinski definition) is 2. The summed E-state index contributed by atoms with van der Waals surface area (Å²) in [5.41, 5.74) is 0. The lowest BCUT2D eigenvalue weighted by Gasteiger charge is -2.48. The second-order valence-corrected chi connectivity index (χ2v) is 6.29. The van der Waals surface area contributed by atoms with E-state index in [0.717, 1.165) is 24.0 Å². The van der Waals surface area contributed by atoms with Crippen LogP contribution in [-0.2, 0) is 0 Å². The normalized spacial score (nSPS) is 38.8. The lowest BCUT2D eigenvalue weighted by Crippen LogP contribution is -2.60. The van der Waals surface area contributed by atoms with Crippen molar-refractivity contribution in [2.75, 3.05) is 13.1 Å². The Balaban J connectivity index is 2.05. The zero-order valence-corrected chi connectivity index (χ0v) is 12.6. The van der Waals surface area contributed by atoms with Crippen molar-refractivity contribution in [3.05, 3.63) is 0 Å². The molecule has 2 nitrogen and oxygen atoms in total. The highest BCUT2D eigenvalue weighted by molar-refractivity contribution is 4.92. The third-order valence-electron chi connectivity index (χ3n) is 5.33. The van der Waals surface area contributed by atoms with Crippen LogP contribution >= 0.6 is 0 Å². The molecule has 1 saturated heterocycles. The van der Waals surface area contributed by atoms with Crippen LogP contribution in [0.4, 0.5) is 0 Å². The fraction of sp³-hybridized carbons (Fsp3) is 1.00. The van der Waals surface area contributed by atoms with E-state index in [4.69, 9.17) is 0 Å². The molecule has 1 heterocycles. The molecule has 0 aromatic heterocycles. The molecule has 1 aliphatic carbocycles. The SMILES string of the molecule is CCC1CN(C2CCCCC2CC)C(CC)CN1. The third-order valence-corrected chi connectivity index (χ3v) is 5.33. The van der Waals surface area contributed by atoms with E-state index in [2.05, 4.69) is 31.0 Å². The Morgan fingerprint density at radius 1 is 1.00 bits per heavy atom. The first-order chi connectivity index (χ1) is 8.80. The first-order valence-electron chi connectivity index (χ1n) is 8.29. The van der Waals surface area contributed by atoms with Gasteiger partial charge >= 0.3 is 0 Å². The Morgan fingerprint density at radius 2 is 1.78 bits per heavy atom. The maximum Gasteiger partial charge on any atom is 0.0221 e. The van der Waals surface area contributed by atoms with Gasteiger partial charge < -0.3 is 5.32 Å². The van der Waals surface area contributed by atoms with Crippen LogP contribution in [0.1, 0.15) is 65.7 Å². The van der Waals surface area contributed by atoms with Crippen molar-refractivity contribution in [2.24, 2.45) is 5.92 Å². The third kappa shape index (κ3) is 3.08. The van der Waals surface area contributed by atoms with Gasteiger partial charge in [0.1, 0.15) is 0 Å². The van der Waals surface area contributed by atoms with Crippen molar-refractivity contribution in [3.63, 3.8) is 0 Å². The molecule has 2 rings (SSSR count). The summed E-state index contributed by atoms with van der Waals surface area (Å²) >= 11 is 0. The summed E-state index contributed by atoms with van der Waals surface area (Å²) in [6.45, 7) is 9.57. The summed E-state index contributed by atoms with van der Waals surface area (Å²) in [4.78, 5) is 2.89. The predicted molar refractivity (Wildman–Crippen MR) is 78.9 cm³/mol. The molecular weight excluding hydrogens is 220 g/mol. The number of piperazine rings is 1. The lowest BCUT2D eigenvalue weighted by atomic mass is 9.80. The topological polar surface area (TPSA) is 15.3 Å². The predicted octanol–water partition coefficient (Wildman–Crippen LogP) is 3.42. The Bertz CT molecular complexity index is 241.